The third-order valence-corrected chi connectivity index (χ3v) is 7.11. The van der Waals surface area contributed by atoms with Crippen LogP contribution in [0.1, 0.15) is 30.1 Å². The van der Waals surface area contributed by atoms with E-state index in [1.54, 1.807) is 0 Å². The number of hydrogen-bond acceptors (Lipinski definition) is 3. The molecule has 180 valence electrons. The number of fused-ring (bicyclic) bond motifs is 2. The molecule has 0 bridgehead atoms. The van der Waals surface area contributed by atoms with Gasteiger partial charge in [-0.3, -0.25) is 4.79 Å². The van der Waals surface area contributed by atoms with Crippen LogP contribution in [0.5, 0.6) is 5.75 Å². The second-order valence-electron chi connectivity index (χ2n) is 9.48. The molecule has 5 heteroatoms. The first-order chi connectivity index (χ1) is 17.7. The third kappa shape index (κ3) is 4.11. The van der Waals surface area contributed by atoms with Crippen molar-refractivity contribution in [2.75, 3.05) is 18.1 Å². The molecule has 0 radical (unpaired) electrons. The maximum Gasteiger partial charge on any atom is 0.227 e. The standard InChI is InChI=1S/C31H29N3O2/c1-22-10-2-6-15-27(22)34-21-24(20-30(34)35)31-32-26-14-5-7-16-28(26)33(31)18-9-19-36-29-17-8-12-23-11-3-4-13-25(23)29/h2-8,10-17,24H,9,18-21H2,1H3. The van der Waals surface area contributed by atoms with Gasteiger partial charge in [0, 0.05) is 36.5 Å². The van der Waals surface area contributed by atoms with Gasteiger partial charge >= 0.3 is 0 Å². The Labute approximate surface area is 210 Å². The van der Waals surface area contributed by atoms with Crippen molar-refractivity contribution in [3.05, 3.63) is 102 Å². The highest BCUT2D eigenvalue weighted by Crippen LogP contribution is 2.34. The van der Waals surface area contributed by atoms with Crippen LogP contribution in [0.15, 0.2) is 91.0 Å². The van der Waals surface area contributed by atoms with Crippen LogP contribution in [0, 0.1) is 6.92 Å². The Morgan fingerprint density at radius 1 is 0.917 bits per heavy atom. The molecule has 1 fully saturated rings. The van der Waals surface area contributed by atoms with Gasteiger partial charge in [-0.15, -0.1) is 0 Å². The summed E-state index contributed by atoms with van der Waals surface area (Å²) >= 11 is 0. The summed E-state index contributed by atoms with van der Waals surface area (Å²) < 4.78 is 8.50. The van der Waals surface area contributed by atoms with Gasteiger partial charge in [-0.2, -0.15) is 0 Å². The summed E-state index contributed by atoms with van der Waals surface area (Å²) in [6, 6.07) is 30.8. The first kappa shape index (κ1) is 22.4. The van der Waals surface area contributed by atoms with Crippen LogP contribution in [0.3, 0.4) is 0 Å². The van der Waals surface area contributed by atoms with Gasteiger partial charge in [-0.1, -0.05) is 66.7 Å². The summed E-state index contributed by atoms with van der Waals surface area (Å²) in [5.74, 6) is 2.13. The number of imidazole rings is 1. The summed E-state index contributed by atoms with van der Waals surface area (Å²) in [6.07, 6.45) is 1.32. The van der Waals surface area contributed by atoms with Crippen LogP contribution in [0.2, 0.25) is 0 Å². The van der Waals surface area contributed by atoms with Crippen molar-refractivity contribution < 1.29 is 9.53 Å². The van der Waals surface area contributed by atoms with E-state index in [1.165, 1.54) is 5.39 Å². The smallest absolute Gasteiger partial charge is 0.227 e. The van der Waals surface area contributed by atoms with Crippen molar-refractivity contribution in [1.82, 2.24) is 9.55 Å². The normalized spacial score (nSPS) is 15.8. The van der Waals surface area contributed by atoms with Crippen molar-refractivity contribution in [2.45, 2.75) is 32.2 Å². The Hall–Kier alpha value is -4.12. The zero-order valence-electron chi connectivity index (χ0n) is 20.4. The highest BCUT2D eigenvalue weighted by atomic mass is 16.5. The number of carbonyl (C=O) groups excluding carboxylic acids is 1. The second kappa shape index (κ2) is 9.50. The SMILES string of the molecule is Cc1ccccc1N1CC(c2nc3ccccc3n2CCCOc2cccc3ccccc23)CC1=O. The highest BCUT2D eigenvalue weighted by molar-refractivity contribution is 5.97. The quantitative estimate of drug-likeness (QED) is 0.253. The number of para-hydroxylation sites is 3. The molecule has 0 spiro atoms. The summed E-state index contributed by atoms with van der Waals surface area (Å²) in [5, 5.41) is 2.32. The van der Waals surface area contributed by atoms with Crippen LogP contribution in [-0.4, -0.2) is 28.6 Å². The van der Waals surface area contributed by atoms with Crippen LogP contribution in [-0.2, 0) is 11.3 Å². The third-order valence-electron chi connectivity index (χ3n) is 7.11. The number of ether oxygens (including phenoxy) is 1. The molecular weight excluding hydrogens is 446 g/mol. The van der Waals surface area contributed by atoms with Gasteiger partial charge < -0.3 is 14.2 Å². The average Bonchev–Trinajstić information content (AvgIpc) is 3.47. The van der Waals surface area contributed by atoms with E-state index in [-0.39, 0.29) is 11.8 Å². The summed E-state index contributed by atoms with van der Waals surface area (Å²) in [6.45, 7) is 4.11. The Bertz CT molecular complexity index is 1550. The molecule has 2 heterocycles. The van der Waals surface area contributed by atoms with E-state index in [0.717, 1.165) is 52.2 Å². The molecule has 1 aromatic heterocycles. The summed E-state index contributed by atoms with van der Waals surface area (Å²) in [5.41, 5.74) is 4.20. The van der Waals surface area contributed by atoms with Gasteiger partial charge in [0.25, 0.3) is 0 Å². The molecule has 1 unspecified atom stereocenters. The van der Waals surface area contributed by atoms with Crippen LogP contribution in [0.4, 0.5) is 5.69 Å². The molecule has 0 saturated carbocycles. The number of rotatable bonds is 7. The molecule has 1 aliphatic heterocycles. The minimum absolute atomic E-state index is 0.0588. The van der Waals surface area contributed by atoms with Gasteiger partial charge in [0.05, 0.1) is 17.6 Å². The maximum atomic E-state index is 13.0. The van der Waals surface area contributed by atoms with E-state index in [9.17, 15) is 4.79 Å². The number of hydrogen-bond donors (Lipinski definition) is 0. The Morgan fingerprint density at radius 3 is 2.61 bits per heavy atom. The molecule has 0 N–H and O–H groups in total. The molecular formula is C31H29N3O2. The van der Waals surface area contributed by atoms with Gasteiger partial charge in [0.1, 0.15) is 11.6 Å². The lowest BCUT2D eigenvalue weighted by atomic mass is 10.1. The highest BCUT2D eigenvalue weighted by Gasteiger charge is 2.35. The zero-order chi connectivity index (χ0) is 24.5. The van der Waals surface area contributed by atoms with E-state index < -0.39 is 0 Å². The number of carbonyl (C=O) groups is 1. The Morgan fingerprint density at radius 2 is 1.69 bits per heavy atom. The average molecular weight is 476 g/mol. The number of nitrogens with zero attached hydrogens (tertiary/aromatic N) is 3. The van der Waals surface area contributed by atoms with Crippen LogP contribution >= 0.6 is 0 Å². The lowest BCUT2D eigenvalue weighted by Gasteiger charge is -2.19. The minimum atomic E-state index is 0.0588. The Balaban J connectivity index is 1.22. The van der Waals surface area contributed by atoms with Crippen molar-refractivity contribution >= 4 is 33.4 Å². The van der Waals surface area contributed by atoms with Gasteiger partial charge in [-0.25, -0.2) is 4.98 Å². The fourth-order valence-electron chi connectivity index (χ4n) is 5.35. The van der Waals surface area contributed by atoms with E-state index in [1.807, 2.05) is 53.4 Å². The molecule has 1 amide bonds. The molecule has 4 aromatic carbocycles. The van der Waals surface area contributed by atoms with Crippen molar-refractivity contribution in [1.29, 1.82) is 0 Å². The topological polar surface area (TPSA) is 47.4 Å². The zero-order valence-corrected chi connectivity index (χ0v) is 20.4. The number of anilines is 1. The predicted molar refractivity (Wildman–Crippen MR) is 145 cm³/mol. The lowest BCUT2D eigenvalue weighted by molar-refractivity contribution is -0.117. The summed E-state index contributed by atoms with van der Waals surface area (Å²) in [4.78, 5) is 20.0. The molecule has 1 atom stereocenters. The lowest BCUT2D eigenvalue weighted by Crippen LogP contribution is -2.25. The van der Waals surface area contributed by atoms with E-state index in [0.29, 0.717) is 19.6 Å². The minimum Gasteiger partial charge on any atom is -0.493 e. The maximum absolute atomic E-state index is 13.0. The molecule has 0 aliphatic carbocycles. The number of amides is 1. The predicted octanol–water partition coefficient (Wildman–Crippen LogP) is 6.49. The van der Waals surface area contributed by atoms with E-state index >= 15 is 0 Å². The van der Waals surface area contributed by atoms with Crippen LogP contribution in [0.25, 0.3) is 21.8 Å². The van der Waals surface area contributed by atoms with Gasteiger partial charge in [-0.05, 0) is 48.6 Å². The van der Waals surface area contributed by atoms with Crippen molar-refractivity contribution in [3.63, 3.8) is 0 Å². The summed E-state index contributed by atoms with van der Waals surface area (Å²) in [7, 11) is 0. The molecule has 1 saturated heterocycles. The molecule has 5 nitrogen and oxygen atoms in total. The fourth-order valence-corrected chi connectivity index (χ4v) is 5.35. The molecule has 5 aromatic rings. The number of aromatic nitrogens is 2. The second-order valence-corrected chi connectivity index (χ2v) is 9.48. The first-order valence-electron chi connectivity index (χ1n) is 12.6. The number of benzene rings is 4. The number of aryl methyl sites for hydroxylation is 2. The van der Waals surface area contributed by atoms with Crippen LogP contribution < -0.4 is 9.64 Å². The fraction of sp³-hybridized carbons (Fsp3) is 0.226. The molecule has 1 aliphatic rings. The van der Waals surface area contributed by atoms with Crippen molar-refractivity contribution in [3.8, 4) is 5.75 Å². The first-order valence-corrected chi connectivity index (χ1v) is 12.6. The van der Waals surface area contributed by atoms with E-state index in [2.05, 4.69) is 54.0 Å². The Kier molecular flexibility index (Phi) is 5.90. The van der Waals surface area contributed by atoms with Crippen molar-refractivity contribution in [2.24, 2.45) is 0 Å². The molecule has 36 heavy (non-hydrogen) atoms. The molecule has 6 rings (SSSR count). The van der Waals surface area contributed by atoms with Gasteiger partial charge in [0.2, 0.25) is 5.91 Å². The van der Waals surface area contributed by atoms with Gasteiger partial charge in [0.15, 0.2) is 0 Å². The monoisotopic (exact) mass is 475 g/mol. The largest absolute Gasteiger partial charge is 0.493 e. The van der Waals surface area contributed by atoms with E-state index in [4.69, 9.17) is 9.72 Å².